The normalized spacial score (nSPS) is 10.2. The van der Waals surface area contributed by atoms with Gasteiger partial charge >= 0.3 is 0 Å². The monoisotopic (exact) mass is 322 g/mol. The molecule has 0 aliphatic carbocycles. The van der Waals surface area contributed by atoms with Gasteiger partial charge in [-0.25, -0.2) is 4.39 Å². The van der Waals surface area contributed by atoms with Gasteiger partial charge in [-0.05, 0) is 48.9 Å². The SMILES string of the molecule is COc1ccc(NCC(=O)Nc2cc(Cl)ccc2F)c(C)c1. The molecule has 2 aromatic carbocycles. The Kier molecular flexibility index (Phi) is 5.22. The zero-order chi connectivity index (χ0) is 16.1. The van der Waals surface area contributed by atoms with Gasteiger partial charge in [0.25, 0.3) is 0 Å². The lowest BCUT2D eigenvalue weighted by Crippen LogP contribution is -2.22. The number of benzene rings is 2. The van der Waals surface area contributed by atoms with Crippen LogP contribution in [0.15, 0.2) is 36.4 Å². The van der Waals surface area contributed by atoms with E-state index in [1.54, 1.807) is 13.2 Å². The van der Waals surface area contributed by atoms with Crippen LogP contribution in [0, 0.1) is 12.7 Å². The highest BCUT2D eigenvalue weighted by molar-refractivity contribution is 6.30. The zero-order valence-corrected chi connectivity index (χ0v) is 13.0. The molecule has 0 spiro atoms. The number of nitrogens with one attached hydrogen (secondary N) is 2. The second kappa shape index (κ2) is 7.13. The van der Waals surface area contributed by atoms with E-state index in [9.17, 15) is 9.18 Å². The zero-order valence-electron chi connectivity index (χ0n) is 12.2. The molecule has 2 rings (SSSR count). The van der Waals surface area contributed by atoms with Crippen LogP contribution in [-0.2, 0) is 4.79 Å². The van der Waals surface area contributed by atoms with Gasteiger partial charge in [0.15, 0.2) is 0 Å². The van der Waals surface area contributed by atoms with E-state index in [1.165, 1.54) is 18.2 Å². The summed E-state index contributed by atoms with van der Waals surface area (Å²) in [7, 11) is 1.59. The van der Waals surface area contributed by atoms with Gasteiger partial charge in [-0.2, -0.15) is 0 Å². The Labute approximate surface area is 133 Å². The Hall–Kier alpha value is -2.27. The van der Waals surface area contributed by atoms with E-state index in [0.717, 1.165) is 17.0 Å². The summed E-state index contributed by atoms with van der Waals surface area (Å²) < 4.78 is 18.7. The first-order valence-electron chi connectivity index (χ1n) is 6.63. The van der Waals surface area contributed by atoms with Crippen LogP contribution in [0.1, 0.15) is 5.56 Å². The van der Waals surface area contributed by atoms with Crippen LogP contribution in [0.4, 0.5) is 15.8 Å². The van der Waals surface area contributed by atoms with Crippen molar-refractivity contribution in [2.75, 3.05) is 24.3 Å². The van der Waals surface area contributed by atoms with E-state index >= 15 is 0 Å². The number of amides is 1. The van der Waals surface area contributed by atoms with Crippen molar-refractivity contribution in [3.05, 3.63) is 52.8 Å². The molecule has 4 nitrogen and oxygen atoms in total. The maximum atomic E-state index is 13.5. The van der Waals surface area contributed by atoms with Crippen LogP contribution in [-0.4, -0.2) is 19.6 Å². The lowest BCUT2D eigenvalue weighted by Gasteiger charge is -2.11. The van der Waals surface area contributed by atoms with Crippen molar-refractivity contribution in [2.24, 2.45) is 0 Å². The summed E-state index contributed by atoms with van der Waals surface area (Å²) in [6, 6.07) is 9.47. The first kappa shape index (κ1) is 16.1. The fourth-order valence-electron chi connectivity index (χ4n) is 1.92. The van der Waals surface area contributed by atoms with Crippen molar-refractivity contribution < 1.29 is 13.9 Å². The third kappa shape index (κ3) is 4.11. The van der Waals surface area contributed by atoms with Gasteiger partial charge in [0.1, 0.15) is 11.6 Å². The first-order chi connectivity index (χ1) is 10.5. The molecular formula is C16H16ClFN2O2. The number of ether oxygens (including phenoxy) is 1. The molecule has 0 bridgehead atoms. The molecule has 2 aromatic rings. The minimum atomic E-state index is -0.529. The molecule has 0 radical (unpaired) electrons. The number of rotatable bonds is 5. The minimum Gasteiger partial charge on any atom is -0.497 e. The molecule has 0 aliphatic rings. The van der Waals surface area contributed by atoms with Crippen molar-refractivity contribution in [1.82, 2.24) is 0 Å². The molecule has 6 heteroatoms. The molecule has 22 heavy (non-hydrogen) atoms. The number of methoxy groups -OCH3 is 1. The fourth-order valence-corrected chi connectivity index (χ4v) is 2.10. The second-order valence-corrected chi connectivity index (χ2v) is 5.14. The van der Waals surface area contributed by atoms with Crippen LogP contribution < -0.4 is 15.4 Å². The van der Waals surface area contributed by atoms with Gasteiger partial charge in [0, 0.05) is 10.7 Å². The summed E-state index contributed by atoms with van der Waals surface area (Å²) in [6.45, 7) is 1.92. The standard InChI is InChI=1S/C16H16ClFN2O2/c1-10-7-12(22-2)4-6-14(10)19-9-16(21)20-15-8-11(17)3-5-13(15)18/h3-8,19H,9H2,1-2H3,(H,20,21). The number of halogens is 2. The quantitative estimate of drug-likeness (QED) is 0.879. The Balaban J connectivity index is 1.97. The number of aryl methyl sites for hydroxylation is 1. The van der Waals surface area contributed by atoms with Gasteiger partial charge < -0.3 is 15.4 Å². The summed E-state index contributed by atoms with van der Waals surface area (Å²) in [5.41, 5.74) is 1.81. The largest absolute Gasteiger partial charge is 0.497 e. The van der Waals surface area contributed by atoms with E-state index in [4.69, 9.17) is 16.3 Å². The highest BCUT2D eigenvalue weighted by Crippen LogP contribution is 2.21. The molecular weight excluding hydrogens is 307 g/mol. The van der Waals surface area contributed by atoms with E-state index in [1.807, 2.05) is 19.1 Å². The Bertz CT molecular complexity index is 692. The van der Waals surface area contributed by atoms with Crippen LogP contribution in [0.3, 0.4) is 0 Å². The van der Waals surface area contributed by atoms with Crippen LogP contribution in [0.2, 0.25) is 5.02 Å². The number of hydrogen-bond donors (Lipinski definition) is 2. The summed E-state index contributed by atoms with van der Waals surface area (Å²) in [5.74, 6) is -0.150. The van der Waals surface area contributed by atoms with Gasteiger partial charge in [-0.3, -0.25) is 4.79 Å². The van der Waals surface area contributed by atoms with Crippen molar-refractivity contribution in [3.8, 4) is 5.75 Å². The van der Waals surface area contributed by atoms with Crippen LogP contribution >= 0.6 is 11.6 Å². The molecule has 0 aromatic heterocycles. The molecule has 116 valence electrons. The number of hydrogen-bond acceptors (Lipinski definition) is 3. The fraction of sp³-hybridized carbons (Fsp3) is 0.188. The predicted octanol–water partition coefficient (Wildman–Crippen LogP) is 3.85. The van der Waals surface area contributed by atoms with Crippen LogP contribution in [0.25, 0.3) is 0 Å². The average molecular weight is 323 g/mol. The van der Waals surface area contributed by atoms with Gasteiger partial charge in [0.2, 0.25) is 5.91 Å². The van der Waals surface area contributed by atoms with Gasteiger partial charge in [0.05, 0.1) is 19.3 Å². The third-order valence-corrected chi connectivity index (χ3v) is 3.31. The van der Waals surface area contributed by atoms with Crippen molar-refractivity contribution >= 4 is 28.9 Å². The smallest absolute Gasteiger partial charge is 0.243 e. The maximum absolute atomic E-state index is 13.5. The molecule has 0 fully saturated rings. The topological polar surface area (TPSA) is 50.4 Å². The molecule has 0 aliphatic heterocycles. The summed E-state index contributed by atoms with van der Waals surface area (Å²) in [6.07, 6.45) is 0. The maximum Gasteiger partial charge on any atom is 0.243 e. The summed E-state index contributed by atoms with van der Waals surface area (Å²) in [5, 5.41) is 5.83. The molecule has 0 heterocycles. The molecule has 0 atom stereocenters. The van der Waals surface area contributed by atoms with Crippen molar-refractivity contribution in [2.45, 2.75) is 6.92 Å². The third-order valence-electron chi connectivity index (χ3n) is 3.08. The van der Waals surface area contributed by atoms with Gasteiger partial charge in [-0.15, -0.1) is 0 Å². The van der Waals surface area contributed by atoms with E-state index < -0.39 is 5.82 Å². The van der Waals surface area contributed by atoms with Crippen molar-refractivity contribution in [3.63, 3.8) is 0 Å². The van der Waals surface area contributed by atoms with E-state index in [-0.39, 0.29) is 18.1 Å². The Morgan fingerprint density at radius 3 is 2.68 bits per heavy atom. The molecule has 0 unspecified atom stereocenters. The molecule has 0 saturated heterocycles. The highest BCUT2D eigenvalue weighted by atomic mass is 35.5. The first-order valence-corrected chi connectivity index (χ1v) is 7.01. The van der Waals surface area contributed by atoms with Gasteiger partial charge in [-0.1, -0.05) is 11.6 Å². The highest BCUT2D eigenvalue weighted by Gasteiger charge is 2.08. The minimum absolute atomic E-state index is 0.0130. The predicted molar refractivity (Wildman–Crippen MR) is 86.3 cm³/mol. The number of anilines is 2. The Morgan fingerprint density at radius 2 is 2.00 bits per heavy atom. The second-order valence-electron chi connectivity index (χ2n) is 4.71. The number of carbonyl (C=O) groups excluding carboxylic acids is 1. The lowest BCUT2D eigenvalue weighted by atomic mass is 10.2. The van der Waals surface area contributed by atoms with Crippen molar-refractivity contribution in [1.29, 1.82) is 0 Å². The molecule has 1 amide bonds. The summed E-state index contributed by atoms with van der Waals surface area (Å²) in [4.78, 5) is 11.9. The lowest BCUT2D eigenvalue weighted by molar-refractivity contribution is -0.114. The Morgan fingerprint density at radius 1 is 1.23 bits per heavy atom. The molecule has 2 N–H and O–H groups in total. The average Bonchev–Trinajstić information content (AvgIpc) is 2.49. The molecule has 0 saturated carbocycles. The van der Waals surface area contributed by atoms with Crippen LogP contribution in [0.5, 0.6) is 5.75 Å². The van der Waals surface area contributed by atoms with E-state index in [0.29, 0.717) is 5.02 Å². The number of carbonyl (C=O) groups is 1. The van der Waals surface area contributed by atoms with E-state index in [2.05, 4.69) is 10.6 Å². The summed E-state index contributed by atoms with van der Waals surface area (Å²) >= 11 is 5.78.